The molecule has 0 aliphatic carbocycles. The van der Waals surface area contributed by atoms with Crippen LogP contribution < -0.4 is 4.74 Å². The van der Waals surface area contributed by atoms with Gasteiger partial charge in [0.15, 0.2) is 0 Å². The van der Waals surface area contributed by atoms with Crippen molar-refractivity contribution in [3.05, 3.63) is 53.6 Å². The predicted octanol–water partition coefficient (Wildman–Crippen LogP) is 4.93. The summed E-state index contributed by atoms with van der Waals surface area (Å²) in [6.45, 7) is 5.92. The number of carbonyl (C=O) groups is 1. The highest BCUT2D eigenvalue weighted by Gasteiger charge is 2.12. The number of rotatable bonds is 2. The van der Waals surface area contributed by atoms with Crippen molar-refractivity contribution in [1.29, 1.82) is 0 Å². The highest BCUT2D eigenvalue weighted by molar-refractivity contribution is 6.06. The molecule has 0 aliphatic rings. The van der Waals surface area contributed by atoms with Gasteiger partial charge >= 0.3 is 5.97 Å². The highest BCUT2D eigenvalue weighted by atomic mass is 16.5. The van der Waals surface area contributed by atoms with E-state index in [1.54, 1.807) is 0 Å². The molecule has 3 rings (SSSR count). The van der Waals surface area contributed by atoms with E-state index >= 15 is 0 Å². The van der Waals surface area contributed by atoms with Crippen molar-refractivity contribution >= 4 is 27.5 Å². The molecule has 106 valence electrons. The topological polar surface area (TPSA) is 26.3 Å². The van der Waals surface area contributed by atoms with Crippen LogP contribution in [0.4, 0.5) is 0 Å². The van der Waals surface area contributed by atoms with Gasteiger partial charge in [0.25, 0.3) is 0 Å². The van der Waals surface area contributed by atoms with E-state index in [9.17, 15) is 4.79 Å². The van der Waals surface area contributed by atoms with Crippen LogP contribution in [0.25, 0.3) is 21.5 Å². The monoisotopic (exact) mass is 278 g/mol. The van der Waals surface area contributed by atoms with Gasteiger partial charge in [-0.2, -0.15) is 0 Å². The van der Waals surface area contributed by atoms with E-state index in [0.29, 0.717) is 12.2 Å². The molecule has 3 aromatic carbocycles. The van der Waals surface area contributed by atoms with Crippen molar-refractivity contribution in [3.8, 4) is 5.75 Å². The maximum absolute atomic E-state index is 11.8. The summed E-state index contributed by atoms with van der Waals surface area (Å²) in [6, 6.07) is 14.6. The minimum absolute atomic E-state index is 0.203. The molecule has 0 N–H and O–H groups in total. The molecule has 0 bridgehead atoms. The Balaban J connectivity index is 2.39. The van der Waals surface area contributed by atoms with Crippen LogP contribution in [0.5, 0.6) is 5.75 Å². The van der Waals surface area contributed by atoms with Crippen LogP contribution >= 0.6 is 0 Å². The van der Waals surface area contributed by atoms with Gasteiger partial charge in [-0.15, -0.1) is 0 Å². The smallest absolute Gasteiger partial charge is 0.310 e. The SMILES string of the molecule is CCC(=O)Oc1c2ccc(C)cc2cc2ccc(C)cc12. The lowest BCUT2D eigenvalue weighted by Gasteiger charge is -2.12. The second-order valence-corrected chi connectivity index (χ2v) is 5.48. The minimum Gasteiger partial charge on any atom is -0.425 e. The van der Waals surface area contributed by atoms with Crippen LogP contribution in [-0.2, 0) is 4.79 Å². The average Bonchev–Trinajstić information content (AvgIpc) is 2.47. The van der Waals surface area contributed by atoms with Crippen LogP contribution in [0.1, 0.15) is 24.5 Å². The first-order chi connectivity index (χ1) is 10.1. The summed E-state index contributed by atoms with van der Waals surface area (Å²) in [6.07, 6.45) is 0.371. The van der Waals surface area contributed by atoms with Crippen molar-refractivity contribution in [3.63, 3.8) is 0 Å². The van der Waals surface area contributed by atoms with Crippen LogP contribution in [-0.4, -0.2) is 5.97 Å². The van der Waals surface area contributed by atoms with Crippen LogP contribution in [0.3, 0.4) is 0 Å². The Morgan fingerprint density at radius 1 is 0.905 bits per heavy atom. The molecule has 0 aromatic heterocycles. The van der Waals surface area contributed by atoms with Gasteiger partial charge in [0, 0.05) is 17.2 Å². The number of ether oxygens (including phenoxy) is 1. The molecular weight excluding hydrogens is 260 g/mol. The molecule has 0 heterocycles. The molecule has 0 radical (unpaired) electrons. The first kappa shape index (κ1) is 13.6. The van der Waals surface area contributed by atoms with E-state index in [-0.39, 0.29) is 5.97 Å². The zero-order valence-electron chi connectivity index (χ0n) is 12.6. The number of carbonyl (C=O) groups excluding carboxylic acids is 1. The largest absolute Gasteiger partial charge is 0.425 e. The fraction of sp³-hybridized carbons (Fsp3) is 0.211. The van der Waals surface area contributed by atoms with Crippen LogP contribution in [0, 0.1) is 13.8 Å². The molecule has 2 nitrogen and oxygen atoms in total. The molecule has 0 spiro atoms. The second-order valence-electron chi connectivity index (χ2n) is 5.48. The normalized spacial score (nSPS) is 11.0. The van der Waals surface area contributed by atoms with E-state index < -0.39 is 0 Å². The van der Waals surface area contributed by atoms with Gasteiger partial charge in [0.1, 0.15) is 5.75 Å². The Hall–Kier alpha value is -2.35. The van der Waals surface area contributed by atoms with Gasteiger partial charge < -0.3 is 4.74 Å². The zero-order chi connectivity index (χ0) is 15.0. The number of fused-ring (bicyclic) bond motifs is 2. The Morgan fingerprint density at radius 3 is 2.38 bits per heavy atom. The fourth-order valence-electron chi connectivity index (χ4n) is 2.61. The molecule has 0 amide bonds. The van der Waals surface area contributed by atoms with E-state index in [1.807, 2.05) is 26.0 Å². The molecule has 2 heteroatoms. The lowest BCUT2D eigenvalue weighted by atomic mass is 9.99. The molecule has 0 saturated heterocycles. The van der Waals surface area contributed by atoms with Gasteiger partial charge in [-0.05, 0) is 36.8 Å². The lowest BCUT2D eigenvalue weighted by Crippen LogP contribution is -2.06. The molecule has 0 saturated carbocycles. The van der Waals surface area contributed by atoms with Crippen molar-refractivity contribution < 1.29 is 9.53 Å². The van der Waals surface area contributed by atoms with Crippen molar-refractivity contribution in [2.45, 2.75) is 27.2 Å². The predicted molar refractivity (Wildman–Crippen MR) is 86.9 cm³/mol. The van der Waals surface area contributed by atoms with E-state index in [4.69, 9.17) is 4.74 Å². The molecule has 0 unspecified atom stereocenters. The molecule has 0 atom stereocenters. The third-order valence-corrected chi connectivity index (χ3v) is 3.72. The first-order valence-corrected chi connectivity index (χ1v) is 7.23. The number of benzene rings is 3. The van der Waals surface area contributed by atoms with Crippen molar-refractivity contribution in [2.75, 3.05) is 0 Å². The Bertz CT molecular complexity index is 847. The van der Waals surface area contributed by atoms with Crippen LogP contribution in [0.15, 0.2) is 42.5 Å². The molecule has 21 heavy (non-hydrogen) atoms. The van der Waals surface area contributed by atoms with Gasteiger partial charge in [-0.1, -0.05) is 48.4 Å². The Kier molecular flexibility index (Phi) is 3.38. The summed E-state index contributed by atoms with van der Waals surface area (Å²) < 4.78 is 5.65. The number of hydrogen-bond donors (Lipinski definition) is 0. The molecular formula is C19H18O2. The number of esters is 1. The molecule has 0 fully saturated rings. The third kappa shape index (κ3) is 2.49. The van der Waals surface area contributed by atoms with Gasteiger partial charge in [-0.25, -0.2) is 0 Å². The summed E-state index contributed by atoms with van der Waals surface area (Å²) >= 11 is 0. The minimum atomic E-state index is -0.203. The Labute approximate surface area is 124 Å². The highest BCUT2D eigenvalue weighted by Crippen LogP contribution is 2.36. The fourth-order valence-corrected chi connectivity index (χ4v) is 2.61. The first-order valence-electron chi connectivity index (χ1n) is 7.23. The average molecular weight is 278 g/mol. The number of hydrogen-bond acceptors (Lipinski definition) is 2. The summed E-state index contributed by atoms with van der Waals surface area (Å²) in [5, 5.41) is 4.18. The quantitative estimate of drug-likeness (QED) is 0.377. The van der Waals surface area contributed by atoms with Gasteiger partial charge in [0.05, 0.1) is 0 Å². The lowest BCUT2D eigenvalue weighted by molar-refractivity contribution is -0.133. The van der Waals surface area contributed by atoms with Gasteiger partial charge in [0.2, 0.25) is 0 Å². The standard InChI is InChI=1S/C19H18O2/c1-4-18(20)21-19-16-8-6-12(2)9-15(16)11-14-7-5-13(3)10-17(14)19/h5-11H,4H2,1-3H3. The number of aryl methyl sites for hydroxylation is 2. The summed E-state index contributed by atoms with van der Waals surface area (Å²) in [4.78, 5) is 11.8. The van der Waals surface area contributed by atoms with E-state index in [0.717, 1.165) is 27.1 Å². The third-order valence-electron chi connectivity index (χ3n) is 3.72. The summed E-state index contributed by atoms with van der Waals surface area (Å²) in [5.41, 5.74) is 2.35. The zero-order valence-corrected chi connectivity index (χ0v) is 12.6. The van der Waals surface area contributed by atoms with E-state index in [1.165, 1.54) is 5.56 Å². The maximum atomic E-state index is 11.8. The van der Waals surface area contributed by atoms with Crippen molar-refractivity contribution in [2.24, 2.45) is 0 Å². The summed E-state index contributed by atoms with van der Waals surface area (Å²) in [7, 11) is 0. The molecule has 3 aromatic rings. The molecule has 0 aliphatic heterocycles. The van der Waals surface area contributed by atoms with Crippen LogP contribution in [0.2, 0.25) is 0 Å². The maximum Gasteiger partial charge on any atom is 0.310 e. The van der Waals surface area contributed by atoms with Gasteiger partial charge in [-0.3, -0.25) is 4.79 Å². The van der Waals surface area contributed by atoms with E-state index in [2.05, 4.69) is 37.3 Å². The Morgan fingerprint density at radius 2 is 1.62 bits per heavy atom. The van der Waals surface area contributed by atoms with Crippen molar-refractivity contribution in [1.82, 2.24) is 0 Å². The summed E-state index contributed by atoms with van der Waals surface area (Å²) in [5.74, 6) is 0.476. The second kappa shape index (κ2) is 5.21.